The zero-order chi connectivity index (χ0) is 27.7. The van der Waals surface area contributed by atoms with Crippen LogP contribution in [0.25, 0.3) is 11.0 Å². The number of anilines is 3. The quantitative estimate of drug-likeness (QED) is 0.490. The van der Waals surface area contributed by atoms with E-state index in [4.69, 9.17) is 9.72 Å². The second kappa shape index (κ2) is 10.7. The molecule has 0 bridgehead atoms. The Kier molecular flexibility index (Phi) is 7.38. The molecule has 1 aliphatic heterocycles. The second-order valence-electron chi connectivity index (χ2n) is 11.6. The second-order valence-corrected chi connectivity index (χ2v) is 11.6. The van der Waals surface area contributed by atoms with E-state index in [0.29, 0.717) is 24.7 Å². The Morgan fingerprint density at radius 2 is 1.69 bits per heavy atom. The molecule has 1 saturated heterocycles. The molecule has 1 saturated carbocycles. The molecule has 3 aromatic rings. The number of nitrogens with one attached hydrogen (secondary N) is 1. The van der Waals surface area contributed by atoms with Crippen LogP contribution in [0.4, 0.5) is 22.1 Å². The van der Waals surface area contributed by atoms with E-state index in [1.54, 1.807) is 30.1 Å². The van der Waals surface area contributed by atoms with E-state index in [0.717, 1.165) is 48.3 Å². The molecule has 1 N–H and O–H groups in total. The van der Waals surface area contributed by atoms with Crippen molar-refractivity contribution in [1.82, 2.24) is 24.3 Å². The molecule has 208 valence electrons. The van der Waals surface area contributed by atoms with Crippen LogP contribution in [0.5, 0.6) is 0 Å². The monoisotopic (exact) mass is 533 g/mol. The highest BCUT2D eigenvalue weighted by molar-refractivity contribution is 5.98. The van der Waals surface area contributed by atoms with Crippen LogP contribution in [-0.4, -0.2) is 82.2 Å². The summed E-state index contributed by atoms with van der Waals surface area (Å²) in [6.45, 7) is 8.41. The smallest absolute Gasteiger partial charge is 0.410 e. The highest BCUT2D eigenvalue weighted by Crippen LogP contribution is 2.35. The number of benzene rings is 1. The molecule has 10 heteroatoms. The van der Waals surface area contributed by atoms with Crippen LogP contribution in [0.15, 0.2) is 36.5 Å². The number of amides is 2. The largest absolute Gasteiger partial charge is 0.444 e. The molecule has 0 unspecified atom stereocenters. The first kappa shape index (κ1) is 26.8. The van der Waals surface area contributed by atoms with Crippen LogP contribution in [0, 0.1) is 0 Å². The van der Waals surface area contributed by atoms with Crippen molar-refractivity contribution in [3.8, 4) is 0 Å². The Balaban J connectivity index is 1.28. The SMILES string of the molecule is CN(C)C(=O)c1cc2cnc(Nc3ccc(N4CCN(C(=O)OC(C)(C)C)CC4)cc3)nc2n1C1CCCC1. The molecular weight excluding hydrogens is 494 g/mol. The van der Waals surface area contributed by atoms with Gasteiger partial charge in [0, 0.05) is 69.3 Å². The van der Waals surface area contributed by atoms with E-state index in [1.165, 1.54) is 12.8 Å². The van der Waals surface area contributed by atoms with Crippen LogP contribution in [0.1, 0.15) is 63.0 Å². The Bertz CT molecular complexity index is 1330. The molecule has 0 spiro atoms. The fourth-order valence-corrected chi connectivity index (χ4v) is 5.35. The fraction of sp³-hybridized carbons (Fsp3) is 0.517. The van der Waals surface area contributed by atoms with Gasteiger partial charge < -0.3 is 29.3 Å². The zero-order valence-electron chi connectivity index (χ0n) is 23.6. The van der Waals surface area contributed by atoms with Crippen molar-refractivity contribution in [2.24, 2.45) is 0 Å². The molecular formula is C29H39N7O3. The molecule has 10 nitrogen and oxygen atoms in total. The van der Waals surface area contributed by atoms with E-state index >= 15 is 0 Å². The van der Waals surface area contributed by atoms with Crippen LogP contribution >= 0.6 is 0 Å². The maximum absolute atomic E-state index is 12.9. The molecule has 2 aliphatic rings. The Morgan fingerprint density at radius 3 is 2.31 bits per heavy atom. The minimum Gasteiger partial charge on any atom is -0.444 e. The summed E-state index contributed by atoms with van der Waals surface area (Å²) < 4.78 is 7.63. The van der Waals surface area contributed by atoms with Crippen molar-refractivity contribution in [3.63, 3.8) is 0 Å². The predicted molar refractivity (Wildman–Crippen MR) is 153 cm³/mol. The summed E-state index contributed by atoms with van der Waals surface area (Å²) in [5, 5.41) is 4.20. The molecule has 5 rings (SSSR count). The van der Waals surface area contributed by atoms with Gasteiger partial charge in [0.05, 0.1) is 0 Å². The van der Waals surface area contributed by atoms with Gasteiger partial charge in [-0.25, -0.2) is 9.78 Å². The van der Waals surface area contributed by atoms with E-state index in [1.807, 2.05) is 39.0 Å². The highest BCUT2D eigenvalue weighted by Gasteiger charge is 2.27. The molecule has 2 fully saturated rings. The lowest BCUT2D eigenvalue weighted by atomic mass is 10.2. The van der Waals surface area contributed by atoms with Gasteiger partial charge in [0.2, 0.25) is 5.95 Å². The Labute approximate surface area is 229 Å². The van der Waals surface area contributed by atoms with E-state index in [2.05, 4.69) is 31.9 Å². The highest BCUT2D eigenvalue weighted by atomic mass is 16.6. The molecule has 3 heterocycles. The predicted octanol–water partition coefficient (Wildman–Crippen LogP) is 5.05. The number of carbonyl (C=O) groups excluding carboxylic acids is 2. The number of ether oxygens (including phenoxy) is 1. The maximum Gasteiger partial charge on any atom is 0.410 e. The summed E-state index contributed by atoms with van der Waals surface area (Å²) in [4.78, 5) is 40.3. The lowest BCUT2D eigenvalue weighted by Gasteiger charge is -2.36. The zero-order valence-corrected chi connectivity index (χ0v) is 23.6. The number of piperazine rings is 1. The number of hydrogen-bond acceptors (Lipinski definition) is 7. The van der Waals surface area contributed by atoms with Gasteiger partial charge in [0.15, 0.2) is 0 Å². The Hall–Kier alpha value is -3.82. The Morgan fingerprint density at radius 1 is 1.03 bits per heavy atom. The van der Waals surface area contributed by atoms with E-state index in [9.17, 15) is 9.59 Å². The first-order valence-corrected chi connectivity index (χ1v) is 13.8. The summed E-state index contributed by atoms with van der Waals surface area (Å²) in [6.07, 6.45) is 5.98. The van der Waals surface area contributed by atoms with Gasteiger partial charge in [0.1, 0.15) is 16.9 Å². The number of aromatic nitrogens is 3. The molecule has 0 radical (unpaired) electrons. The van der Waals surface area contributed by atoms with Crippen LogP contribution < -0.4 is 10.2 Å². The lowest BCUT2D eigenvalue weighted by Crippen LogP contribution is -2.50. The number of fused-ring (bicyclic) bond motifs is 1. The summed E-state index contributed by atoms with van der Waals surface area (Å²) in [5.74, 6) is 0.486. The van der Waals surface area contributed by atoms with Crippen molar-refractivity contribution in [1.29, 1.82) is 0 Å². The summed E-state index contributed by atoms with van der Waals surface area (Å²) in [7, 11) is 3.56. The van der Waals surface area contributed by atoms with Gasteiger partial charge in [-0.15, -0.1) is 0 Å². The average molecular weight is 534 g/mol. The first-order valence-electron chi connectivity index (χ1n) is 13.8. The molecule has 39 heavy (non-hydrogen) atoms. The van der Waals surface area contributed by atoms with Gasteiger partial charge in [-0.3, -0.25) is 4.79 Å². The third-order valence-electron chi connectivity index (χ3n) is 7.31. The number of nitrogens with zero attached hydrogens (tertiary/aromatic N) is 6. The van der Waals surface area contributed by atoms with E-state index < -0.39 is 5.60 Å². The number of rotatable bonds is 5. The molecule has 1 aliphatic carbocycles. The summed E-state index contributed by atoms with van der Waals surface area (Å²) >= 11 is 0. The fourth-order valence-electron chi connectivity index (χ4n) is 5.35. The van der Waals surface area contributed by atoms with Crippen LogP contribution in [0.3, 0.4) is 0 Å². The van der Waals surface area contributed by atoms with Gasteiger partial charge in [-0.2, -0.15) is 4.98 Å². The minimum atomic E-state index is -0.489. The normalized spacial score (nSPS) is 16.5. The summed E-state index contributed by atoms with van der Waals surface area (Å²) in [6, 6.07) is 10.4. The van der Waals surface area contributed by atoms with Crippen molar-refractivity contribution >= 4 is 40.4 Å². The van der Waals surface area contributed by atoms with Gasteiger partial charge in [0.25, 0.3) is 5.91 Å². The standard InChI is InChI=1S/C29H39N7O3/c1-29(2,3)39-28(38)35-16-14-34(15-17-35)22-12-10-21(11-13-22)31-27-30-19-20-18-24(26(37)33(4)5)36(25(20)32-27)23-8-6-7-9-23/h10-13,18-19,23H,6-9,14-17H2,1-5H3,(H,30,31,32). The van der Waals surface area contributed by atoms with Crippen molar-refractivity contribution in [3.05, 3.63) is 42.2 Å². The lowest BCUT2D eigenvalue weighted by molar-refractivity contribution is 0.0240. The molecule has 2 aromatic heterocycles. The number of carbonyl (C=O) groups is 2. The van der Waals surface area contributed by atoms with Gasteiger partial charge in [-0.05, 0) is 63.9 Å². The first-order chi connectivity index (χ1) is 18.6. The summed E-state index contributed by atoms with van der Waals surface area (Å²) in [5.41, 5.74) is 2.96. The minimum absolute atomic E-state index is 0.0167. The maximum atomic E-state index is 12.9. The average Bonchev–Trinajstić information content (AvgIpc) is 3.55. The van der Waals surface area contributed by atoms with E-state index in [-0.39, 0.29) is 18.0 Å². The molecule has 1 aromatic carbocycles. The number of hydrogen-bond donors (Lipinski definition) is 1. The van der Waals surface area contributed by atoms with Crippen molar-refractivity contribution < 1.29 is 14.3 Å². The van der Waals surface area contributed by atoms with Crippen molar-refractivity contribution in [2.45, 2.75) is 58.1 Å². The topological polar surface area (TPSA) is 95.8 Å². The molecule has 0 atom stereocenters. The van der Waals surface area contributed by atoms with Crippen LogP contribution in [-0.2, 0) is 4.74 Å². The van der Waals surface area contributed by atoms with Crippen LogP contribution in [0.2, 0.25) is 0 Å². The van der Waals surface area contributed by atoms with Gasteiger partial charge in [-0.1, -0.05) is 12.8 Å². The van der Waals surface area contributed by atoms with Gasteiger partial charge >= 0.3 is 6.09 Å². The third kappa shape index (κ3) is 5.94. The molecule has 2 amide bonds. The third-order valence-corrected chi connectivity index (χ3v) is 7.31. The van der Waals surface area contributed by atoms with Crippen molar-refractivity contribution in [2.75, 3.05) is 50.5 Å².